The quantitative estimate of drug-likeness (QED) is 0.333. The molecular weight excluding hydrogens is 366 g/mol. The van der Waals surface area contributed by atoms with E-state index in [-0.39, 0.29) is 5.41 Å². The third-order valence-corrected chi connectivity index (χ3v) is 5.34. The van der Waals surface area contributed by atoms with Gasteiger partial charge in [0.15, 0.2) is 11.6 Å². The summed E-state index contributed by atoms with van der Waals surface area (Å²) in [6.07, 6.45) is 0. The average Bonchev–Trinajstić information content (AvgIpc) is 2.77. The Morgan fingerprint density at radius 2 is 1.23 bits per heavy atom. The first-order valence-electron chi connectivity index (χ1n) is 10.2. The summed E-state index contributed by atoms with van der Waals surface area (Å²) in [6.45, 7) is 6.41. The highest BCUT2D eigenvalue weighted by atomic mass is 15.0. The van der Waals surface area contributed by atoms with Crippen LogP contribution in [0.2, 0.25) is 0 Å². The van der Waals surface area contributed by atoms with E-state index in [2.05, 4.69) is 106 Å². The maximum Gasteiger partial charge on any atom is 0.164 e. The van der Waals surface area contributed by atoms with Crippen molar-refractivity contribution in [2.75, 3.05) is 0 Å². The lowest BCUT2D eigenvalue weighted by atomic mass is 9.95. The molecule has 0 saturated carbocycles. The first-order valence-corrected chi connectivity index (χ1v) is 10.2. The minimum absolute atomic E-state index is 0.187. The van der Waals surface area contributed by atoms with Gasteiger partial charge in [0.2, 0.25) is 0 Å². The molecule has 30 heavy (non-hydrogen) atoms. The lowest BCUT2D eigenvalue weighted by Gasteiger charge is -2.18. The lowest BCUT2D eigenvalue weighted by molar-refractivity contribution is 0.543. The van der Waals surface area contributed by atoms with Gasteiger partial charge in [-0.2, -0.15) is 0 Å². The Balaban J connectivity index is 1.76. The van der Waals surface area contributed by atoms with Crippen LogP contribution in [0, 0.1) is 0 Å². The van der Waals surface area contributed by atoms with Gasteiger partial charge in [-0.1, -0.05) is 99.6 Å². The summed E-state index contributed by atoms with van der Waals surface area (Å²) >= 11 is 0. The van der Waals surface area contributed by atoms with Gasteiger partial charge in [0.05, 0.1) is 0 Å². The maximum atomic E-state index is 4.92. The molecule has 0 saturated heterocycles. The second-order valence-corrected chi connectivity index (χ2v) is 8.64. The number of nitrogens with zero attached hydrogens (tertiary/aromatic N) is 3. The fourth-order valence-corrected chi connectivity index (χ4v) is 3.71. The van der Waals surface area contributed by atoms with Crippen molar-refractivity contribution < 1.29 is 0 Å². The Labute approximate surface area is 176 Å². The predicted molar refractivity (Wildman–Crippen MR) is 124 cm³/mol. The van der Waals surface area contributed by atoms with Crippen LogP contribution < -0.4 is 0 Å². The van der Waals surface area contributed by atoms with Gasteiger partial charge in [-0.25, -0.2) is 15.0 Å². The molecule has 0 aliphatic rings. The lowest BCUT2D eigenvalue weighted by Crippen LogP contribution is -2.18. The van der Waals surface area contributed by atoms with Gasteiger partial charge < -0.3 is 0 Å². The highest BCUT2D eigenvalue weighted by Crippen LogP contribution is 2.30. The van der Waals surface area contributed by atoms with E-state index in [9.17, 15) is 0 Å². The first-order chi connectivity index (χ1) is 14.5. The van der Waals surface area contributed by atoms with Gasteiger partial charge in [-0.15, -0.1) is 0 Å². The second-order valence-electron chi connectivity index (χ2n) is 8.64. The molecule has 146 valence electrons. The van der Waals surface area contributed by atoms with Crippen molar-refractivity contribution in [3.63, 3.8) is 0 Å². The van der Waals surface area contributed by atoms with E-state index in [0.29, 0.717) is 5.82 Å². The summed E-state index contributed by atoms with van der Waals surface area (Å²) in [4.78, 5) is 14.7. The zero-order chi connectivity index (χ0) is 20.7. The van der Waals surface area contributed by atoms with E-state index in [4.69, 9.17) is 15.0 Å². The number of fused-ring (bicyclic) bond motifs is 2. The van der Waals surface area contributed by atoms with Crippen molar-refractivity contribution in [2.24, 2.45) is 0 Å². The third kappa shape index (κ3) is 3.33. The molecule has 0 amide bonds. The zero-order valence-corrected chi connectivity index (χ0v) is 17.4. The molecule has 3 nitrogen and oxygen atoms in total. The number of hydrogen-bond acceptors (Lipinski definition) is 3. The monoisotopic (exact) mass is 389 g/mol. The van der Waals surface area contributed by atoms with E-state index >= 15 is 0 Å². The van der Waals surface area contributed by atoms with E-state index in [1.807, 2.05) is 0 Å². The topological polar surface area (TPSA) is 38.7 Å². The molecule has 1 heterocycles. The fraction of sp³-hybridized carbons (Fsp3) is 0.148. The summed E-state index contributed by atoms with van der Waals surface area (Å²) in [5.74, 6) is 2.22. The average molecular weight is 390 g/mol. The molecule has 5 aromatic rings. The molecule has 1 aromatic heterocycles. The zero-order valence-electron chi connectivity index (χ0n) is 17.4. The number of benzene rings is 4. The molecule has 3 heteroatoms. The Hall–Kier alpha value is -3.59. The highest BCUT2D eigenvalue weighted by molar-refractivity contribution is 5.95. The van der Waals surface area contributed by atoms with E-state index in [1.54, 1.807) is 0 Å². The minimum Gasteiger partial charge on any atom is -0.212 e. The molecule has 0 fully saturated rings. The van der Waals surface area contributed by atoms with Crippen molar-refractivity contribution in [3.8, 4) is 22.8 Å². The normalized spacial score (nSPS) is 11.8. The number of hydrogen-bond donors (Lipinski definition) is 0. The summed E-state index contributed by atoms with van der Waals surface area (Å²) < 4.78 is 0. The smallest absolute Gasteiger partial charge is 0.164 e. The van der Waals surface area contributed by atoms with Gasteiger partial charge in [-0.3, -0.25) is 0 Å². The molecule has 0 atom stereocenters. The van der Waals surface area contributed by atoms with Crippen molar-refractivity contribution in [3.05, 3.63) is 90.8 Å². The standard InChI is InChI=1S/C27H23N3/c1-27(2,3)26-29-24(21-16-15-18-9-4-5-11-20(18)17-21)28-25(30-26)23-14-8-12-19-10-6-7-13-22(19)23/h4-17H,1-3H3. The molecule has 0 aliphatic carbocycles. The minimum atomic E-state index is -0.187. The number of rotatable bonds is 2. The molecule has 0 bridgehead atoms. The fourth-order valence-electron chi connectivity index (χ4n) is 3.71. The third-order valence-electron chi connectivity index (χ3n) is 5.34. The van der Waals surface area contributed by atoms with Crippen LogP contribution in [0.3, 0.4) is 0 Å². The summed E-state index contributed by atoms with van der Waals surface area (Å²) in [5, 5.41) is 4.72. The number of aromatic nitrogens is 3. The Bertz CT molecular complexity index is 1370. The molecule has 4 aromatic carbocycles. The molecular formula is C27H23N3. The highest BCUT2D eigenvalue weighted by Gasteiger charge is 2.21. The van der Waals surface area contributed by atoms with Crippen LogP contribution in [0.4, 0.5) is 0 Å². The SMILES string of the molecule is CC(C)(C)c1nc(-c2ccc3ccccc3c2)nc(-c2cccc3ccccc23)n1. The van der Waals surface area contributed by atoms with Gasteiger partial charge in [0, 0.05) is 16.5 Å². The summed E-state index contributed by atoms with van der Waals surface area (Å²) in [5.41, 5.74) is 1.85. The molecule has 0 spiro atoms. The van der Waals surface area contributed by atoms with Crippen LogP contribution in [0.5, 0.6) is 0 Å². The van der Waals surface area contributed by atoms with Gasteiger partial charge in [0.25, 0.3) is 0 Å². The largest absolute Gasteiger partial charge is 0.212 e. The van der Waals surface area contributed by atoms with Gasteiger partial charge in [0.1, 0.15) is 5.82 Å². The predicted octanol–water partition coefficient (Wildman–Crippen LogP) is 6.81. The van der Waals surface area contributed by atoms with Crippen LogP contribution in [0.1, 0.15) is 26.6 Å². The molecule has 0 radical (unpaired) electrons. The van der Waals surface area contributed by atoms with E-state index in [1.165, 1.54) is 16.2 Å². The van der Waals surface area contributed by atoms with Crippen LogP contribution in [-0.2, 0) is 5.41 Å². The summed E-state index contributed by atoms with van der Waals surface area (Å²) in [6, 6.07) is 29.4. The van der Waals surface area contributed by atoms with Crippen LogP contribution in [0.25, 0.3) is 44.3 Å². The van der Waals surface area contributed by atoms with Crippen LogP contribution in [-0.4, -0.2) is 15.0 Å². The summed E-state index contributed by atoms with van der Waals surface area (Å²) in [7, 11) is 0. The van der Waals surface area contributed by atoms with Crippen LogP contribution >= 0.6 is 0 Å². The molecule has 5 rings (SSSR count). The van der Waals surface area contributed by atoms with Crippen molar-refractivity contribution in [2.45, 2.75) is 26.2 Å². The molecule has 0 aliphatic heterocycles. The Morgan fingerprint density at radius 1 is 0.567 bits per heavy atom. The van der Waals surface area contributed by atoms with Crippen molar-refractivity contribution >= 4 is 21.5 Å². The van der Waals surface area contributed by atoms with Gasteiger partial charge >= 0.3 is 0 Å². The first kappa shape index (κ1) is 18.4. The van der Waals surface area contributed by atoms with Gasteiger partial charge in [-0.05, 0) is 27.6 Å². The Kier molecular flexibility index (Phi) is 4.32. The Morgan fingerprint density at radius 3 is 2.03 bits per heavy atom. The van der Waals surface area contributed by atoms with Crippen molar-refractivity contribution in [1.29, 1.82) is 0 Å². The van der Waals surface area contributed by atoms with E-state index in [0.717, 1.165) is 28.2 Å². The molecule has 0 N–H and O–H groups in total. The van der Waals surface area contributed by atoms with Crippen molar-refractivity contribution in [1.82, 2.24) is 15.0 Å². The second kappa shape index (κ2) is 7.03. The van der Waals surface area contributed by atoms with E-state index < -0.39 is 0 Å². The maximum absolute atomic E-state index is 4.92. The molecule has 0 unspecified atom stereocenters. The van der Waals surface area contributed by atoms with Crippen LogP contribution in [0.15, 0.2) is 84.9 Å².